The normalized spacial score (nSPS) is 11.6. The van der Waals surface area contributed by atoms with Crippen molar-refractivity contribution >= 4 is 65.4 Å². The van der Waals surface area contributed by atoms with Crippen LogP contribution in [0.15, 0.2) is 176 Å². The van der Waals surface area contributed by atoms with Crippen molar-refractivity contribution in [2.24, 2.45) is 0 Å². The van der Waals surface area contributed by atoms with Crippen molar-refractivity contribution in [2.45, 2.75) is 0 Å². The molecule has 0 aliphatic heterocycles. The number of rotatable bonds is 4. The SMILES string of the molecule is N#Cc1cc(-c2cc(C#N)cc(-n3c4ccccc4c4ccc5c(c6ccccc6n5-c5ccccc5)c43)c2)cc(-n2c3ccccc3c3ccccc32)c1. The van der Waals surface area contributed by atoms with Crippen molar-refractivity contribution in [1.82, 2.24) is 13.7 Å². The molecule has 254 valence electrons. The molecule has 0 amide bonds. The summed E-state index contributed by atoms with van der Waals surface area (Å²) in [5, 5.41) is 27.8. The predicted octanol–water partition coefficient (Wildman–Crippen LogP) is 12.4. The van der Waals surface area contributed by atoms with Gasteiger partial charge in [0, 0.05) is 49.4 Å². The van der Waals surface area contributed by atoms with Crippen molar-refractivity contribution in [1.29, 1.82) is 10.5 Å². The monoisotopic (exact) mass is 699 g/mol. The van der Waals surface area contributed by atoms with E-state index in [1.54, 1.807) is 0 Å². The summed E-state index contributed by atoms with van der Waals surface area (Å²) >= 11 is 0. The van der Waals surface area contributed by atoms with Crippen LogP contribution >= 0.6 is 0 Å². The standard InChI is InChI=1S/C50H29N5/c51-30-32-24-34(28-37(26-32)54-44-18-8-4-14-39(44)40-15-5-9-19-45(40)54)35-25-33(31-52)27-38(29-35)55-46-20-10-6-16-41(46)42-22-23-48-49(50(42)55)43-17-7-11-21-47(43)53(48)36-12-2-1-3-13-36/h1-29H. The number of fused-ring (bicyclic) bond motifs is 10. The molecule has 5 heteroatoms. The predicted molar refractivity (Wildman–Crippen MR) is 224 cm³/mol. The van der Waals surface area contributed by atoms with E-state index in [1.807, 2.05) is 30.3 Å². The van der Waals surface area contributed by atoms with Gasteiger partial charge in [-0.15, -0.1) is 0 Å². The van der Waals surface area contributed by atoms with Gasteiger partial charge in [0.2, 0.25) is 0 Å². The van der Waals surface area contributed by atoms with Gasteiger partial charge in [-0.05, 0) is 90.0 Å². The van der Waals surface area contributed by atoms with Crippen LogP contribution in [-0.2, 0) is 0 Å². The van der Waals surface area contributed by atoms with Crippen LogP contribution in [0.1, 0.15) is 11.1 Å². The molecule has 0 aliphatic carbocycles. The third kappa shape index (κ3) is 4.51. The number of nitrogens with zero attached hydrogens (tertiary/aromatic N) is 5. The van der Waals surface area contributed by atoms with Gasteiger partial charge in [0.15, 0.2) is 0 Å². The molecule has 0 saturated carbocycles. The van der Waals surface area contributed by atoms with Gasteiger partial charge in [-0.25, -0.2) is 0 Å². The lowest BCUT2D eigenvalue weighted by atomic mass is 9.99. The highest BCUT2D eigenvalue weighted by Crippen LogP contribution is 2.43. The maximum Gasteiger partial charge on any atom is 0.0992 e. The zero-order valence-corrected chi connectivity index (χ0v) is 29.5. The summed E-state index contributed by atoms with van der Waals surface area (Å²) in [6.07, 6.45) is 0. The Labute approximate surface area is 316 Å². The van der Waals surface area contributed by atoms with Crippen LogP contribution in [0.2, 0.25) is 0 Å². The first-order chi connectivity index (χ1) is 27.2. The van der Waals surface area contributed by atoms with Gasteiger partial charge in [0.05, 0.1) is 56.4 Å². The van der Waals surface area contributed by atoms with E-state index < -0.39 is 0 Å². The zero-order valence-electron chi connectivity index (χ0n) is 29.5. The fourth-order valence-electron chi connectivity index (χ4n) is 8.78. The highest BCUT2D eigenvalue weighted by Gasteiger charge is 2.22. The van der Waals surface area contributed by atoms with Crippen LogP contribution in [0, 0.1) is 22.7 Å². The smallest absolute Gasteiger partial charge is 0.0992 e. The minimum Gasteiger partial charge on any atom is -0.309 e. The molecule has 0 bridgehead atoms. The highest BCUT2D eigenvalue weighted by atomic mass is 15.0. The summed E-state index contributed by atoms with van der Waals surface area (Å²) in [5.74, 6) is 0. The van der Waals surface area contributed by atoms with Crippen LogP contribution in [0.4, 0.5) is 0 Å². The van der Waals surface area contributed by atoms with E-state index in [0.717, 1.165) is 93.6 Å². The minimum absolute atomic E-state index is 0.540. The molecule has 3 aromatic heterocycles. The molecule has 11 rings (SSSR count). The van der Waals surface area contributed by atoms with Crippen LogP contribution in [0.5, 0.6) is 0 Å². The molecule has 3 heterocycles. The number of nitriles is 2. The Bertz CT molecular complexity index is 3400. The summed E-state index contributed by atoms with van der Waals surface area (Å²) in [6.45, 7) is 0. The first-order valence-electron chi connectivity index (χ1n) is 18.3. The van der Waals surface area contributed by atoms with Gasteiger partial charge in [0.1, 0.15) is 0 Å². The quantitative estimate of drug-likeness (QED) is 0.184. The number of hydrogen-bond donors (Lipinski definition) is 0. The summed E-state index contributed by atoms with van der Waals surface area (Å²) in [5.41, 5.74) is 12.2. The summed E-state index contributed by atoms with van der Waals surface area (Å²) in [6, 6.07) is 65.8. The molecule has 0 radical (unpaired) electrons. The molecular weight excluding hydrogens is 671 g/mol. The largest absolute Gasteiger partial charge is 0.309 e. The number of benzene rings is 8. The average Bonchev–Trinajstić information content (AvgIpc) is 3.89. The van der Waals surface area contributed by atoms with Gasteiger partial charge in [-0.3, -0.25) is 0 Å². The summed E-state index contributed by atoms with van der Waals surface area (Å²) in [4.78, 5) is 0. The second kappa shape index (κ2) is 11.8. The molecule has 0 spiro atoms. The van der Waals surface area contributed by atoms with Crippen LogP contribution in [-0.4, -0.2) is 13.7 Å². The Kier molecular flexibility index (Phi) is 6.61. The van der Waals surface area contributed by atoms with E-state index in [-0.39, 0.29) is 0 Å². The molecular formula is C50H29N5. The van der Waals surface area contributed by atoms with Gasteiger partial charge in [-0.1, -0.05) is 97.1 Å². The Morgan fingerprint density at radius 1 is 0.327 bits per heavy atom. The van der Waals surface area contributed by atoms with Gasteiger partial charge in [-0.2, -0.15) is 10.5 Å². The molecule has 11 aromatic rings. The molecule has 0 saturated heterocycles. The van der Waals surface area contributed by atoms with Gasteiger partial charge in [0.25, 0.3) is 0 Å². The highest BCUT2D eigenvalue weighted by molar-refractivity contribution is 6.26. The number of aromatic nitrogens is 3. The number of para-hydroxylation sites is 5. The van der Waals surface area contributed by atoms with Crippen molar-refractivity contribution in [3.05, 3.63) is 187 Å². The first kappa shape index (κ1) is 30.7. The van der Waals surface area contributed by atoms with E-state index in [9.17, 15) is 10.5 Å². The second-order valence-corrected chi connectivity index (χ2v) is 14.0. The molecule has 55 heavy (non-hydrogen) atoms. The van der Waals surface area contributed by atoms with Crippen LogP contribution in [0.25, 0.3) is 93.6 Å². The van der Waals surface area contributed by atoms with E-state index in [0.29, 0.717) is 11.1 Å². The first-order valence-corrected chi connectivity index (χ1v) is 18.3. The topological polar surface area (TPSA) is 62.4 Å². The van der Waals surface area contributed by atoms with E-state index in [4.69, 9.17) is 0 Å². The second-order valence-electron chi connectivity index (χ2n) is 14.0. The Morgan fingerprint density at radius 3 is 1.33 bits per heavy atom. The lowest BCUT2D eigenvalue weighted by Crippen LogP contribution is -1.98. The van der Waals surface area contributed by atoms with Crippen molar-refractivity contribution in [2.75, 3.05) is 0 Å². The van der Waals surface area contributed by atoms with Crippen molar-refractivity contribution in [3.63, 3.8) is 0 Å². The van der Waals surface area contributed by atoms with Crippen LogP contribution < -0.4 is 0 Å². The molecule has 0 N–H and O–H groups in total. The van der Waals surface area contributed by atoms with Gasteiger partial charge >= 0.3 is 0 Å². The Morgan fingerprint density at radius 2 is 0.764 bits per heavy atom. The third-order valence-electron chi connectivity index (χ3n) is 11.0. The fourth-order valence-corrected chi connectivity index (χ4v) is 8.78. The lowest BCUT2D eigenvalue weighted by molar-refractivity contribution is 1.17. The minimum atomic E-state index is 0.540. The molecule has 0 fully saturated rings. The zero-order chi connectivity index (χ0) is 36.6. The molecule has 0 atom stereocenters. The number of hydrogen-bond acceptors (Lipinski definition) is 2. The Balaban J connectivity index is 1.21. The van der Waals surface area contributed by atoms with E-state index >= 15 is 0 Å². The van der Waals surface area contributed by atoms with E-state index in [2.05, 4.69) is 171 Å². The third-order valence-corrected chi connectivity index (χ3v) is 11.0. The fraction of sp³-hybridized carbons (Fsp3) is 0. The molecule has 0 aliphatic rings. The summed E-state index contributed by atoms with van der Waals surface area (Å²) in [7, 11) is 0. The van der Waals surface area contributed by atoms with Crippen molar-refractivity contribution < 1.29 is 0 Å². The van der Waals surface area contributed by atoms with E-state index in [1.165, 1.54) is 0 Å². The Hall–Kier alpha value is -7.86. The maximum atomic E-state index is 10.5. The van der Waals surface area contributed by atoms with Crippen LogP contribution in [0.3, 0.4) is 0 Å². The van der Waals surface area contributed by atoms with Gasteiger partial charge < -0.3 is 13.7 Å². The average molecular weight is 700 g/mol. The molecule has 0 unspecified atom stereocenters. The summed E-state index contributed by atoms with van der Waals surface area (Å²) < 4.78 is 6.89. The molecule has 8 aromatic carbocycles. The lowest BCUT2D eigenvalue weighted by Gasteiger charge is -2.14. The van der Waals surface area contributed by atoms with Crippen molar-refractivity contribution in [3.8, 4) is 40.3 Å². The maximum absolute atomic E-state index is 10.5. The molecule has 5 nitrogen and oxygen atoms in total.